The van der Waals surface area contributed by atoms with Gasteiger partial charge in [-0.3, -0.25) is 4.79 Å². The van der Waals surface area contributed by atoms with E-state index < -0.39 is 0 Å². The number of carbonyl (C=O) groups is 1. The van der Waals surface area contributed by atoms with Crippen LogP contribution >= 0.6 is 11.8 Å². The molecule has 0 radical (unpaired) electrons. The molecule has 134 valence electrons. The van der Waals surface area contributed by atoms with Crippen molar-refractivity contribution < 1.29 is 13.6 Å². The largest absolute Gasteiger partial charge is 0.469 e. The van der Waals surface area contributed by atoms with Gasteiger partial charge in [-0.1, -0.05) is 36.0 Å². The van der Waals surface area contributed by atoms with Gasteiger partial charge in [0.25, 0.3) is 11.1 Å². The first-order valence-corrected chi connectivity index (χ1v) is 9.40. The molecule has 7 heteroatoms. The van der Waals surface area contributed by atoms with Crippen LogP contribution in [0, 0.1) is 6.92 Å². The number of amides is 1. The van der Waals surface area contributed by atoms with Crippen molar-refractivity contribution in [3.8, 4) is 11.5 Å². The summed E-state index contributed by atoms with van der Waals surface area (Å²) in [7, 11) is 0. The minimum Gasteiger partial charge on any atom is -0.469 e. The van der Waals surface area contributed by atoms with Gasteiger partial charge in [-0.15, -0.1) is 10.2 Å². The highest BCUT2D eigenvalue weighted by atomic mass is 32.2. The van der Waals surface area contributed by atoms with Gasteiger partial charge in [0.2, 0.25) is 5.91 Å². The highest BCUT2D eigenvalue weighted by Gasteiger charge is 2.26. The Balaban J connectivity index is 1.42. The molecule has 0 aliphatic carbocycles. The summed E-state index contributed by atoms with van der Waals surface area (Å²) in [4.78, 5) is 14.7. The average molecular weight is 369 g/mol. The van der Waals surface area contributed by atoms with Gasteiger partial charge in [0.1, 0.15) is 5.76 Å². The van der Waals surface area contributed by atoms with E-state index in [1.54, 1.807) is 12.3 Å². The zero-order valence-electron chi connectivity index (χ0n) is 14.6. The fourth-order valence-electron chi connectivity index (χ4n) is 3.12. The Kier molecular flexibility index (Phi) is 4.55. The van der Waals surface area contributed by atoms with E-state index in [0.29, 0.717) is 17.7 Å². The molecule has 0 N–H and O–H groups in total. The standard InChI is InChI=1S/C19H19N3O3S/c1-12-16(8-10-24-12)17-20-21-19(25-17)26-13(2)18(23)22-9-7-14-5-3-4-6-15(14)11-22/h3-6,8,10,13H,7,9,11H2,1-2H3/t13-/m1/s1. The van der Waals surface area contributed by atoms with Crippen LogP contribution in [0.4, 0.5) is 0 Å². The second-order valence-corrected chi connectivity index (χ2v) is 7.59. The number of thioether (sulfide) groups is 1. The Morgan fingerprint density at radius 2 is 2.04 bits per heavy atom. The molecule has 2 aromatic heterocycles. The number of fused-ring (bicyclic) bond motifs is 1. The molecule has 4 rings (SSSR count). The Morgan fingerprint density at radius 3 is 2.81 bits per heavy atom. The third-order valence-electron chi connectivity index (χ3n) is 4.56. The smallest absolute Gasteiger partial charge is 0.277 e. The minimum atomic E-state index is -0.293. The quantitative estimate of drug-likeness (QED) is 0.653. The summed E-state index contributed by atoms with van der Waals surface area (Å²) in [5, 5.41) is 8.20. The average Bonchev–Trinajstić information content (AvgIpc) is 3.29. The summed E-state index contributed by atoms with van der Waals surface area (Å²) in [6.07, 6.45) is 2.48. The maximum absolute atomic E-state index is 12.8. The molecule has 1 aromatic carbocycles. The van der Waals surface area contributed by atoms with Crippen LogP contribution in [-0.4, -0.2) is 32.8 Å². The van der Waals surface area contributed by atoms with Gasteiger partial charge in [-0.05, 0) is 37.5 Å². The number of aromatic nitrogens is 2. The van der Waals surface area contributed by atoms with Crippen LogP contribution in [0.25, 0.3) is 11.5 Å². The summed E-state index contributed by atoms with van der Waals surface area (Å²) >= 11 is 1.29. The highest BCUT2D eigenvalue weighted by molar-refractivity contribution is 8.00. The zero-order chi connectivity index (χ0) is 18.1. The molecule has 0 spiro atoms. The maximum atomic E-state index is 12.8. The van der Waals surface area contributed by atoms with Gasteiger partial charge in [0.05, 0.1) is 17.1 Å². The van der Waals surface area contributed by atoms with Crippen molar-refractivity contribution in [3.05, 3.63) is 53.5 Å². The summed E-state index contributed by atoms with van der Waals surface area (Å²) in [6.45, 7) is 5.11. The minimum absolute atomic E-state index is 0.0868. The van der Waals surface area contributed by atoms with Crippen LogP contribution < -0.4 is 0 Å². The lowest BCUT2D eigenvalue weighted by Gasteiger charge is -2.30. The van der Waals surface area contributed by atoms with Crippen molar-refractivity contribution in [2.24, 2.45) is 0 Å². The van der Waals surface area contributed by atoms with Crippen LogP contribution in [0.5, 0.6) is 0 Å². The lowest BCUT2D eigenvalue weighted by Crippen LogP contribution is -2.40. The second kappa shape index (κ2) is 6.99. The number of rotatable bonds is 4. The lowest BCUT2D eigenvalue weighted by molar-refractivity contribution is -0.131. The number of benzene rings is 1. The van der Waals surface area contributed by atoms with E-state index in [-0.39, 0.29) is 11.2 Å². The lowest BCUT2D eigenvalue weighted by atomic mass is 10.00. The van der Waals surface area contributed by atoms with Gasteiger partial charge in [0, 0.05) is 13.1 Å². The first-order chi connectivity index (χ1) is 12.6. The third-order valence-corrected chi connectivity index (χ3v) is 5.49. The molecule has 0 fully saturated rings. The van der Waals surface area contributed by atoms with Crippen molar-refractivity contribution in [2.45, 2.75) is 37.3 Å². The number of aryl methyl sites for hydroxylation is 1. The summed E-state index contributed by atoms with van der Waals surface area (Å²) in [5.41, 5.74) is 3.32. The number of hydrogen-bond donors (Lipinski definition) is 0. The summed E-state index contributed by atoms with van der Waals surface area (Å²) in [5.74, 6) is 1.22. The third kappa shape index (κ3) is 3.26. The molecule has 6 nitrogen and oxygen atoms in total. The molecule has 1 aliphatic rings. The molecule has 3 aromatic rings. The first-order valence-electron chi connectivity index (χ1n) is 8.52. The van der Waals surface area contributed by atoms with Crippen molar-refractivity contribution in [1.29, 1.82) is 0 Å². The van der Waals surface area contributed by atoms with Gasteiger partial charge >= 0.3 is 0 Å². The fourth-order valence-corrected chi connectivity index (χ4v) is 3.88. The highest BCUT2D eigenvalue weighted by Crippen LogP contribution is 2.29. The first kappa shape index (κ1) is 16.9. The second-order valence-electron chi connectivity index (χ2n) is 6.30. The molecule has 0 unspecified atom stereocenters. The van der Waals surface area contributed by atoms with E-state index in [1.165, 1.54) is 22.9 Å². The van der Waals surface area contributed by atoms with Crippen LogP contribution in [0.3, 0.4) is 0 Å². The van der Waals surface area contributed by atoms with E-state index in [1.807, 2.05) is 30.9 Å². The van der Waals surface area contributed by atoms with E-state index in [2.05, 4.69) is 22.3 Å². The number of hydrogen-bond acceptors (Lipinski definition) is 6. The van der Waals surface area contributed by atoms with Gasteiger partial charge in [-0.25, -0.2) is 0 Å². The Hall–Kier alpha value is -2.54. The summed E-state index contributed by atoms with van der Waals surface area (Å²) in [6, 6.07) is 10.1. The molecule has 0 saturated heterocycles. The molecule has 26 heavy (non-hydrogen) atoms. The Bertz CT molecular complexity index is 934. The monoisotopic (exact) mass is 369 g/mol. The molecule has 1 atom stereocenters. The molecule has 0 saturated carbocycles. The number of nitrogens with zero attached hydrogens (tertiary/aromatic N) is 3. The van der Waals surface area contributed by atoms with Crippen LogP contribution in [0.1, 0.15) is 23.8 Å². The molecule has 3 heterocycles. The van der Waals surface area contributed by atoms with Crippen LogP contribution in [-0.2, 0) is 17.8 Å². The zero-order valence-corrected chi connectivity index (χ0v) is 15.5. The Labute approximate surface area is 155 Å². The molecular formula is C19H19N3O3S. The van der Waals surface area contributed by atoms with E-state index in [4.69, 9.17) is 8.83 Å². The topological polar surface area (TPSA) is 72.4 Å². The SMILES string of the molecule is Cc1occc1-c1nnc(S[C@H](C)C(=O)N2CCc3ccccc3C2)o1. The molecule has 1 aliphatic heterocycles. The predicted octanol–water partition coefficient (Wildman–Crippen LogP) is 3.70. The normalized spacial score (nSPS) is 14.9. The molecular weight excluding hydrogens is 350 g/mol. The van der Waals surface area contributed by atoms with Gasteiger partial charge in [0.15, 0.2) is 0 Å². The molecule has 1 amide bonds. The predicted molar refractivity (Wildman–Crippen MR) is 97.6 cm³/mol. The molecule has 0 bridgehead atoms. The van der Waals surface area contributed by atoms with Crippen molar-refractivity contribution in [1.82, 2.24) is 15.1 Å². The Morgan fingerprint density at radius 1 is 1.23 bits per heavy atom. The van der Waals surface area contributed by atoms with Crippen molar-refractivity contribution in [3.63, 3.8) is 0 Å². The van der Waals surface area contributed by atoms with Crippen molar-refractivity contribution >= 4 is 17.7 Å². The summed E-state index contributed by atoms with van der Waals surface area (Å²) < 4.78 is 10.9. The van der Waals surface area contributed by atoms with Crippen LogP contribution in [0.2, 0.25) is 0 Å². The van der Waals surface area contributed by atoms with E-state index in [0.717, 1.165) is 24.3 Å². The van der Waals surface area contributed by atoms with Gasteiger partial charge < -0.3 is 13.7 Å². The number of carbonyl (C=O) groups excluding carboxylic acids is 1. The van der Waals surface area contributed by atoms with Gasteiger partial charge in [-0.2, -0.15) is 0 Å². The van der Waals surface area contributed by atoms with E-state index >= 15 is 0 Å². The number of furan rings is 1. The fraction of sp³-hybridized carbons (Fsp3) is 0.316. The van der Waals surface area contributed by atoms with E-state index in [9.17, 15) is 4.79 Å². The van der Waals surface area contributed by atoms with Crippen molar-refractivity contribution in [2.75, 3.05) is 6.54 Å². The van der Waals surface area contributed by atoms with Crippen LogP contribution in [0.15, 0.2) is 50.7 Å². The maximum Gasteiger partial charge on any atom is 0.277 e.